The Balaban J connectivity index is 2.79. The summed E-state index contributed by atoms with van der Waals surface area (Å²) in [6, 6.07) is 0. The van der Waals surface area contributed by atoms with Gasteiger partial charge in [-0.2, -0.15) is 0 Å². The zero-order valence-corrected chi connectivity index (χ0v) is 17.2. The molecule has 5 heteroatoms. The van der Waals surface area contributed by atoms with E-state index in [4.69, 9.17) is 13.9 Å². The first-order valence-corrected chi connectivity index (χ1v) is 11.5. The zero-order valence-electron chi connectivity index (χ0n) is 16.2. The van der Waals surface area contributed by atoms with Crippen LogP contribution < -0.4 is 0 Å². The zero-order chi connectivity index (χ0) is 18.1. The molecule has 1 rings (SSSR count). The minimum Gasteiger partial charge on any atom is -0.414 e. The van der Waals surface area contributed by atoms with Crippen LogP contribution in [0, 0.1) is 5.92 Å². The molecule has 0 spiro atoms. The molecule has 1 fully saturated rings. The highest BCUT2D eigenvalue weighted by Crippen LogP contribution is 2.39. The molecular weight excluding hydrogens is 308 g/mol. The number of hydrogen-bond donors (Lipinski definition) is 1. The summed E-state index contributed by atoms with van der Waals surface area (Å²) >= 11 is 0. The van der Waals surface area contributed by atoms with E-state index < -0.39 is 20.2 Å². The van der Waals surface area contributed by atoms with Crippen molar-refractivity contribution in [2.75, 3.05) is 6.61 Å². The summed E-state index contributed by atoms with van der Waals surface area (Å²) < 4.78 is 18.4. The average molecular weight is 345 g/mol. The third-order valence-electron chi connectivity index (χ3n) is 5.17. The van der Waals surface area contributed by atoms with Gasteiger partial charge in [-0.3, -0.25) is 0 Å². The molecule has 1 aliphatic rings. The van der Waals surface area contributed by atoms with Gasteiger partial charge >= 0.3 is 0 Å². The predicted octanol–water partition coefficient (Wildman–Crippen LogP) is 4.10. The van der Waals surface area contributed by atoms with Gasteiger partial charge in [0, 0.05) is 5.92 Å². The maximum absolute atomic E-state index is 10.3. The third kappa shape index (κ3) is 5.39. The van der Waals surface area contributed by atoms with Crippen LogP contribution in [0.3, 0.4) is 0 Å². The number of aliphatic hydroxyl groups is 1. The molecule has 0 radical (unpaired) electrons. The minimum atomic E-state index is -1.84. The maximum atomic E-state index is 10.3. The number of hydrogen-bond acceptors (Lipinski definition) is 4. The van der Waals surface area contributed by atoms with Crippen molar-refractivity contribution in [2.24, 2.45) is 5.92 Å². The molecule has 23 heavy (non-hydrogen) atoms. The van der Waals surface area contributed by atoms with Gasteiger partial charge < -0.3 is 19.0 Å². The van der Waals surface area contributed by atoms with E-state index in [0.717, 1.165) is 0 Å². The largest absolute Gasteiger partial charge is 0.414 e. The van der Waals surface area contributed by atoms with E-state index in [9.17, 15) is 5.11 Å². The van der Waals surface area contributed by atoms with Gasteiger partial charge in [0.2, 0.25) is 0 Å². The van der Waals surface area contributed by atoms with Crippen LogP contribution in [0.15, 0.2) is 12.7 Å². The second kappa shape index (κ2) is 7.36. The quantitative estimate of drug-likeness (QED) is 0.558. The fourth-order valence-electron chi connectivity index (χ4n) is 2.55. The highest BCUT2D eigenvalue weighted by molar-refractivity contribution is 6.74. The second-order valence-corrected chi connectivity index (χ2v) is 13.5. The smallest absolute Gasteiger partial charge is 0.192 e. The lowest BCUT2D eigenvalue weighted by Gasteiger charge is -2.37. The standard InChI is InChI=1S/C18H36O4Si/c1-10-11-14(19)13(2)16-15(21-18(6,7)22-16)12-20-23(8,9)17(3,4)5/h10,13-16,19H,1,11-12H2,2-9H3/t13-,14+,15-,16+/m0/s1. The molecule has 0 bridgehead atoms. The molecule has 1 heterocycles. The van der Waals surface area contributed by atoms with Crippen LogP contribution >= 0.6 is 0 Å². The molecule has 4 nitrogen and oxygen atoms in total. The van der Waals surface area contributed by atoms with Crippen LogP contribution in [0.25, 0.3) is 0 Å². The van der Waals surface area contributed by atoms with Gasteiger partial charge in [0.15, 0.2) is 14.1 Å². The first kappa shape index (κ1) is 20.8. The van der Waals surface area contributed by atoms with Crippen molar-refractivity contribution in [3.8, 4) is 0 Å². The Morgan fingerprint density at radius 2 is 1.87 bits per heavy atom. The molecule has 0 aromatic rings. The van der Waals surface area contributed by atoms with E-state index in [1.165, 1.54) is 0 Å². The Labute approximate surface area is 143 Å². The van der Waals surface area contributed by atoms with E-state index in [-0.39, 0.29) is 23.2 Å². The fraction of sp³-hybridized carbons (Fsp3) is 0.889. The summed E-state index contributed by atoms with van der Waals surface area (Å²) in [5, 5.41) is 10.4. The van der Waals surface area contributed by atoms with Crippen LogP contribution in [-0.4, -0.2) is 44.1 Å². The summed E-state index contributed by atoms with van der Waals surface area (Å²) in [6.45, 7) is 21.2. The van der Waals surface area contributed by atoms with Crippen molar-refractivity contribution in [3.63, 3.8) is 0 Å². The highest BCUT2D eigenvalue weighted by atomic mass is 28.4. The van der Waals surface area contributed by atoms with E-state index in [2.05, 4.69) is 40.4 Å². The van der Waals surface area contributed by atoms with Gasteiger partial charge in [-0.05, 0) is 38.4 Å². The molecule has 0 aromatic heterocycles. The van der Waals surface area contributed by atoms with Gasteiger partial charge in [0.1, 0.15) is 6.10 Å². The molecule has 0 unspecified atom stereocenters. The van der Waals surface area contributed by atoms with E-state index in [1.54, 1.807) is 6.08 Å². The maximum Gasteiger partial charge on any atom is 0.192 e. The third-order valence-corrected chi connectivity index (χ3v) is 9.67. The first-order chi connectivity index (χ1) is 10.3. The summed E-state index contributed by atoms with van der Waals surface area (Å²) in [5.74, 6) is -0.684. The molecule has 1 saturated heterocycles. The molecule has 1 N–H and O–H groups in total. The van der Waals surface area contributed by atoms with Gasteiger partial charge in [-0.15, -0.1) is 6.58 Å². The van der Waals surface area contributed by atoms with Gasteiger partial charge in [0.25, 0.3) is 0 Å². The number of ether oxygens (including phenoxy) is 2. The van der Waals surface area contributed by atoms with Gasteiger partial charge in [-0.1, -0.05) is 33.8 Å². The summed E-state index contributed by atoms with van der Waals surface area (Å²) in [4.78, 5) is 0. The molecule has 0 aromatic carbocycles. The lowest BCUT2D eigenvalue weighted by atomic mass is 9.92. The van der Waals surface area contributed by atoms with Crippen molar-refractivity contribution >= 4 is 8.32 Å². The number of rotatable bonds is 7. The van der Waals surface area contributed by atoms with Gasteiger partial charge in [-0.25, -0.2) is 0 Å². The first-order valence-electron chi connectivity index (χ1n) is 8.59. The normalized spacial score (nSPS) is 27.7. The van der Waals surface area contributed by atoms with E-state index in [1.807, 2.05) is 20.8 Å². The van der Waals surface area contributed by atoms with Crippen molar-refractivity contribution < 1.29 is 19.0 Å². The summed E-state index contributed by atoms with van der Waals surface area (Å²) in [5.41, 5.74) is 0. The SMILES string of the molecule is C=CC[C@@H](O)[C@H](C)[C@H]1OC(C)(C)O[C@H]1CO[Si](C)(C)C(C)(C)C. The van der Waals surface area contributed by atoms with Gasteiger partial charge in [0.05, 0.1) is 18.8 Å². The van der Waals surface area contributed by atoms with Crippen molar-refractivity contribution in [3.05, 3.63) is 12.7 Å². The van der Waals surface area contributed by atoms with Crippen LogP contribution in [0.2, 0.25) is 18.1 Å². The van der Waals surface area contributed by atoms with Crippen molar-refractivity contribution in [1.29, 1.82) is 0 Å². The minimum absolute atomic E-state index is 0.0391. The van der Waals surface area contributed by atoms with E-state index in [0.29, 0.717) is 13.0 Å². The molecule has 1 aliphatic heterocycles. The topological polar surface area (TPSA) is 47.9 Å². The lowest BCUT2D eigenvalue weighted by molar-refractivity contribution is -0.154. The Morgan fingerprint density at radius 1 is 1.30 bits per heavy atom. The summed E-state index contributed by atoms with van der Waals surface area (Å²) in [6.07, 6.45) is 1.48. The molecule has 0 saturated carbocycles. The molecular formula is C18H36O4Si. The second-order valence-electron chi connectivity index (χ2n) is 8.66. The summed E-state index contributed by atoms with van der Waals surface area (Å²) in [7, 11) is -1.84. The monoisotopic (exact) mass is 344 g/mol. The fourth-order valence-corrected chi connectivity index (χ4v) is 3.56. The predicted molar refractivity (Wildman–Crippen MR) is 97.0 cm³/mol. The van der Waals surface area contributed by atoms with Crippen LogP contribution in [-0.2, 0) is 13.9 Å². The molecule has 4 atom stereocenters. The molecule has 136 valence electrons. The lowest BCUT2D eigenvalue weighted by Crippen LogP contribution is -2.45. The highest BCUT2D eigenvalue weighted by Gasteiger charge is 2.47. The van der Waals surface area contributed by atoms with Crippen LogP contribution in [0.5, 0.6) is 0 Å². The molecule has 0 amide bonds. The number of aliphatic hydroxyl groups excluding tert-OH is 1. The Morgan fingerprint density at radius 3 is 2.35 bits per heavy atom. The Bertz CT molecular complexity index is 400. The Hall–Kier alpha value is -0.203. The van der Waals surface area contributed by atoms with Crippen LogP contribution in [0.4, 0.5) is 0 Å². The Kier molecular flexibility index (Phi) is 6.67. The van der Waals surface area contributed by atoms with E-state index >= 15 is 0 Å². The van der Waals surface area contributed by atoms with Crippen LogP contribution in [0.1, 0.15) is 48.0 Å². The van der Waals surface area contributed by atoms with Crippen molar-refractivity contribution in [2.45, 2.75) is 90.2 Å². The molecule has 0 aliphatic carbocycles. The van der Waals surface area contributed by atoms with Crippen molar-refractivity contribution in [1.82, 2.24) is 0 Å². The average Bonchev–Trinajstić information content (AvgIpc) is 2.70.